The molecule has 1 aromatic heterocycles. The predicted molar refractivity (Wildman–Crippen MR) is 103 cm³/mol. The van der Waals surface area contributed by atoms with Crippen molar-refractivity contribution < 1.29 is 9.84 Å². The standard InChI is InChI=1S/C20H27NO2S/c1-16-6-8-17(9-7-16)23-14-4-3-5-18-10-11-19(24-18)12-13-20(2,21)15-22/h3,5-11,22H,4,12-15,21H2,1-2H3/b5-3+. The zero-order valence-corrected chi connectivity index (χ0v) is 15.3. The van der Waals surface area contributed by atoms with Crippen LogP contribution in [0.2, 0.25) is 0 Å². The number of hydrogen-bond donors (Lipinski definition) is 2. The van der Waals surface area contributed by atoms with E-state index < -0.39 is 5.54 Å². The minimum absolute atomic E-state index is 0.0200. The molecule has 0 aliphatic rings. The van der Waals surface area contributed by atoms with Crippen molar-refractivity contribution in [3.8, 4) is 5.75 Å². The van der Waals surface area contributed by atoms with Gasteiger partial charge in [0, 0.05) is 15.3 Å². The molecule has 130 valence electrons. The summed E-state index contributed by atoms with van der Waals surface area (Å²) in [4.78, 5) is 2.54. The van der Waals surface area contributed by atoms with E-state index in [0.717, 1.165) is 25.0 Å². The highest BCUT2D eigenvalue weighted by atomic mass is 32.1. The van der Waals surface area contributed by atoms with Crippen molar-refractivity contribution in [3.63, 3.8) is 0 Å². The maximum atomic E-state index is 9.20. The van der Waals surface area contributed by atoms with Gasteiger partial charge in [0.25, 0.3) is 0 Å². The summed E-state index contributed by atoms with van der Waals surface area (Å²) in [5.41, 5.74) is 6.71. The van der Waals surface area contributed by atoms with Gasteiger partial charge in [0.05, 0.1) is 13.2 Å². The second-order valence-corrected chi connectivity index (χ2v) is 7.67. The number of aryl methyl sites for hydroxylation is 2. The number of hydrogen-bond acceptors (Lipinski definition) is 4. The third kappa shape index (κ3) is 6.48. The number of thiophene rings is 1. The molecule has 0 bridgehead atoms. The fraction of sp³-hybridized carbons (Fsp3) is 0.400. The molecule has 0 aliphatic heterocycles. The van der Waals surface area contributed by atoms with Gasteiger partial charge in [-0.1, -0.05) is 23.8 Å². The molecule has 0 radical (unpaired) electrons. The Kier molecular flexibility index (Phi) is 7.03. The fourth-order valence-electron chi connectivity index (χ4n) is 2.19. The number of ether oxygens (including phenoxy) is 1. The van der Waals surface area contributed by atoms with E-state index >= 15 is 0 Å². The highest BCUT2D eigenvalue weighted by molar-refractivity contribution is 7.12. The normalized spacial score (nSPS) is 14.0. The van der Waals surface area contributed by atoms with Crippen LogP contribution in [0.4, 0.5) is 0 Å². The first kappa shape index (κ1) is 18.7. The molecule has 0 spiro atoms. The van der Waals surface area contributed by atoms with Gasteiger partial charge in [0.2, 0.25) is 0 Å². The molecule has 4 heteroatoms. The molecule has 2 rings (SSSR count). The Balaban J connectivity index is 1.71. The smallest absolute Gasteiger partial charge is 0.119 e. The SMILES string of the molecule is Cc1ccc(OCC/C=C/c2ccc(CCC(C)(N)CO)s2)cc1. The van der Waals surface area contributed by atoms with E-state index in [-0.39, 0.29) is 6.61 Å². The summed E-state index contributed by atoms with van der Waals surface area (Å²) in [6.07, 6.45) is 6.86. The van der Waals surface area contributed by atoms with E-state index in [9.17, 15) is 5.11 Å². The van der Waals surface area contributed by atoms with Gasteiger partial charge >= 0.3 is 0 Å². The van der Waals surface area contributed by atoms with Gasteiger partial charge in [-0.2, -0.15) is 0 Å². The Morgan fingerprint density at radius 2 is 1.96 bits per heavy atom. The maximum absolute atomic E-state index is 9.20. The van der Waals surface area contributed by atoms with Crippen LogP contribution in [0.1, 0.15) is 35.1 Å². The molecule has 24 heavy (non-hydrogen) atoms. The number of nitrogens with two attached hydrogens (primary N) is 1. The predicted octanol–water partition coefficient (Wildman–Crippen LogP) is 4.18. The van der Waals surface area contributed by atoms with E-state index in [0.29, 0.717) is 6.61 Å². The average Bonchev–Trinajstić information content (AvgIpc) is 3.02. The van der Waals surface area contributed by atoms with Crippen molar-refractivity contribution in [2.75, 3.05) is 13.2 Å². The van der Waals surface area contributed by atoms with E-state index in [4.69, 9.17) is 10.5 Å². The average molecular weight is 346 g/mol. The zero-order chi connectivity index (χ0) is 17.4. The van der Waals surface area contributed by atoms with Gasteiger partial charge in [0.1, 0.15) is 5.75 Å². The topological polar surface area (TPSA) is 55.5 Å². The lowest BCUT2D eigenvalue weighted by atomic mass is 9.98. The molecule has 1 heterocycles. The monoisotopic (exact) mass is 345 g/mol. The molecule has 2 aromatic rings. The summed E-state index contributed by atoms with van der Waals surface area (Å²) in [7, 11) is 0. The highest BCUT2D eigenvalue weighted by Crippen LogP contribution is 2.21. The van der Waals surface area contributed by atoms with Crippen LogP contribution in [0, 0.1) is 6.92 Å². The Morgan fingerprint density at radius 1 is 1.21 bits per heavy atom. The number of benzene rings is 1. The summed E-state index contributed by atoms with van der Waals surface area (Å²) in [6, 6.07) is 12.4. The summed E-state index contributed by atoms with van der Waals surface area (Å²) < 4.78 is 5.71. The largest absolute Gasteiger partial charge is 0.493 e. The van der Waals surface area contributed by atoms with Crippen molar-refractivity contribution >= 4 is 17.4 Å². The number of rotatable bonds is 9. The lowest BCUT2D eigenvalue weighted by Crippen LogP contribution is -2.40. The molecule has 3 nitrogen and oxygen atoms in total. The van der Waals surface area contributed by atoms with Gasteiger partial charge in [-0.05, 0) is 63.5 Å². The van der Waals surface area contributed by atoms with Gasteiger partial charge in [-0.15, -0.1) is 11.3 Å². The minimum Gasteiger partial charge on any atom is -0.493 e. The van der Waals surface area contributed by atoms with Crippen LogP contribution in [0.5, 0.6) is 5.75 Å². The van der Waals surface area contributed by atoms with Crippen molar-refractivity contribution in [2.24, 2.45) is 5.73 Å². The summed E-state index contributed by atoms with van der Waals surface area (Å²) >= 11 is 1.78. The molecule has 0 aliphatic carbocycles. The Bertz CT molecular complexity index is 644. The Morgan fingerprint density at radius 3 is 2.67 bits per heavy atom. The fourth-order valence-corrected chi connectivity index (χ4v) is 3.13. The quantitative estimate of drug-likeness (QED) is 0.670. The lowest BCUT2D eigenvalue weighted by molar-refractivity contribution is 0.201. The third-order valence-electron chi connectivity index (χ3n) is 3.84. The van der Waals surface area contributed by atoms with E-state index in [1.165, 1.54) is 15.3 Å². The summed E-state index contributed by atoms with van der Waals surface area (Å²) in [6.45, 7) is 4.65. The number of aliphatic hydroxyl groups excluding tert-OH is 1. The zero-order valence-electron chi connectivity index (χ0n) is 14.5. The van der Waals surface area contributed by atoms with Gasteiger partial charge in [-0.3, -0.25) is 0 Å². The molecule has 1 unspecified atom stereocenters. The first-order valence-electron chi connectivity index (χ1n) is 8.33. The van der Waals surface area contributed by atoms with Crippen LogP contribution in [0.3, 0.4) is 0 Å². The molecular weight excluding hydrogens is 318 g/mol. The van der Waals surface area contributed by atoms with Gasteiger partial charge in [-0.25, -0.2) is 0 Å². The first-order valence-corrected chi connectivity index (χ1v) is 9.15. The molecular formula is C20H27NO2S. The van der Waals surface area contributed by atoms with Crippen LogP contribution in [0.15, 0.2) is 42.5 Å². The molecule has 1 aromatic carbocycles. The van der Waals surface area contributed by atoms with Crippen molar-refractivity contribution in [2.45, 2.75) is 38.6 Å². The highest BCUT2D eigenvalue weighted by Gasteiger charge is 2.16. The van der Waals surface area contributed by atoms with Crippen LogP contribution >= 0.6 is 11.3 Å². The molecule has 3 N–H and O–H groups in total. The van der Waals surface area contributed by atoms with Crippen molar-refractivity contribution in [1.82, 2.24) is 0 Å². The molecule has 0 fully saturated rings. The summed E-state index contributed by atoms with van der Waals surface area (Å²) in [5, 5.41) is 9.20. The Hall–Kier alpha value is -1.62. The molecule has 0 saturated heterocycles. The van der Waals surface area contributed by atoms with E-state index in [2.05, 4.69) is 43.3 Å². The van der Waals surface area contributed by atoms with Gasteiger partial charge in [0.15, 0.2) is 0 Å². The minimum atomic E-state index is -0.493. The van der Waals surface area contributed by atoms with Crippen molar-refractivity contribution in [3.05, 3.63) is 57.8 Å². The Labute approximate surface area is 148 Å². The maximum Gasteiger partial charge on any atom is 0.119 e. The van der Waals surface area contributed by atoms with Crippen LogP contribution < -0.4 is 10.5 Å². The van der Waals surface area contributed by atoms with E-state index in [1.54, 1.807) is 11.3 Å². The lowest BCUT2D eigenvalue weighted by Gasteiger charge is -2.20. The second kappa shape index (κ2) is 9.02. The summed E-state index contributed by atoms with van der Waals surface area (Å²) in [5.74, 6) is 0.918. The second-order valence-electron chi connectivity index (χ2n) is 6.47. The van der Waals surface area contributed by atoms with Crippen LogP contribution in [-0.2, 0) is 6.42 Å². The number of aliphatic hydroxyl groups is 1. The van der Waals surface area contributed by atoms with Crippen LogP contribution in [-0.4, -0.2) is 23.9 Å². The molecule has 1 atom stereocenters. The first-order chi connectivity index (χ1) is 11.5. The molecule has 0 saturated carbocycles. The van der Waals surface area contributed by atoms with Crippen molar-refractivity contribution in [1.29, 1.82) is 0 Å². The van der Waals surface area contributed by atoms with Crippen LogP contribution in [0.25, 0.3) is 6.08 Å². The third-order valence-corrected chi connectivity index (χ3v) is 4.95. The van der Waals surface area contributed by atoms with E-state index in [1.807, 2.05) is 19.1 Å². The van der Waals surface area contributed by atoms with Gasteiger partial charge < -0.3 is 15.6 Å². The molecule has 0 amide bonds.